The lowest BCUT2D eigenvalue weighted by Gasteiger charge is -2.22. The van der Waals surface area contributed by atoms with Crippen LogP contribution < -0.4 is 0 Å². The van der Waals surface area contributed by atoms with Crippen LogP contribution in [0.3, 0.4) is 0 Å². The quantitative estimate of drug-likeness (QED) is 0.298. The Morgan fingerprint density at radius 2 is 1.20 bits per heavy atom. The number of hydrogen-bond acceptors (Lipinski definition) is 3. The van der Waals surface area contributed by atoms with Gasteiger partial charge < -0.3 is 4.90 Å². The van der Waals surface area contributed by atoms with Crippen LogP contribution in [0.1, 0.15) is 104 Å². The van der Waals surface area contributed by atoms with E-state index in [2.05, 4.69) is 6.92 Å². The minimum absolute atomic E-state index is 0.229. The van der Waals surface area contributed by atoms with Gasteiger partial charge in [-0.2, -0.15) is 8.42 Å². The molecular weight excluding hydrogens is 338 g/mol. The number of amides is 1. The van der Waals surface area contributed by atoms with Crippen molar-refractivity contribution in [1.29, 1.82) is 0 Å². The number of nitrogens with zero attached hydrogens (tertiary/aromatic N) is 1. The Kier molecular flexibility index (Phi) is 14.2. The maximum Gasteiger partial charge on any atom is 0.286 e. The highest BCUT2D eigenvalue weighted by atomic mass is 32.2. The molecule has 1 atom stereocenters. The molecule has 1 N–H and O–H groups in total. The van der Waals surface area contributed by atoms with Crippen molar-refractivity contribution < 1.29 is 17.8 Å². The molecule has 0 aliphatic heterocycles. The number of carbonyl (C=O) groups is 1. The smallest absolute Gasteiger partial charge is 0.286 e. The molecule has 1 amide bonds. The van der Waals surface area contributed by atoms with E-state index in [9.17, 15) is 13.2 Å². The van der Waals surface area contributed by atoms with Gasteiger partial charge in [0.05, 0.1) is 0 Å². The molecule has 0 aromatic rings. The standard InChI is InChI=1S/C19H39NO4S/c1-4-5-6-7-8-9-10-11-12-13-14-15-16-17-19(21)20(3)18(2)25(22,23)24/h18H,4-17H2,1-3H3,(H,22,23,24). The zero-order valence-corrected chi connectivity index (χ0v) is 17.3. The van der Waals surface area contributed by atoms with Gasteiger partial charge in [0.25, 0.3) is 10.1 Å². The molecule has 0 aromatic carbocycles. The fourth-order valence-corrected chi connectivity index (χ4v) is 3.39. The Labute approximate surface area is 155 Å². The van der Waals surface area contributed by atoms with Crippen molar-refractivity contribution in [3.63, 3.8) is 0 Å². The van der Waals surface area contributed by atoms with Crippen LogP contribution in [0, 0.1) is 0 Å². The van der Waals surface area contributed by atoms with E-state index >= 15 is 0 Å². The van der Waals surface area contributed by atoms with E-state index < -0.39 is 15.5 Å². The summed E-state index contributed by atoms with van der Waals surface area (Å²) < 4.78 is 31.0. The summed E-state index contributed by atoms with van der Waals surface area (Å²) in [5, 5.41) is -1.18. The zero-order chi connectivity index (χ0) is 19.1. The Hall–Kier alpha value is -0.620. The monoisotopic (exact) mass is 377 g/mol. The summed E-state index contributed by atoms with van der Waals surface area (Å²) in [6.07, 6.45) is 16.5. The summed E-state index contributed by atoms with van der Waals surface area (Å²) in [7, 11) is -2.78. The number of unbranched alkanes of at least 4 members (excludes halogenated alkanes) is 12. The first-order chi connectivity index (χ1) is 11.8. The Morgan fingerprint density at radius 3 is 1.56 bits per heavy atom. The molecule has 0 aromatic heterocycles. The van der Waals surface area contributed by atoms with E-state index in [0.717, 1.165) is 24.2 Å². The molecule has 0 aliphatic rings. The Balaban J connectivity index is 3.48. The first kappa shape index (κ1) is 24.4. The highest BCUT2D eigenvalue weighted by molar-refractivity contribution is 7.86. The van der Waals surface area contributed by atoms with Gasteiger partial charge in [-0.05, 0) is 13.3 Å². The summed E-state index contributed by atoms with van der Waals surface area (Å²) >= 11 is 0. The van der Waals surface area contributed by atoms with Crippen LogP contribution in [0.2, 0.25) is 0 Å². The van der Waals surface area contributed by atoms with Crippen LogP contribution >= 0.6 is 0 Å². The van der Waals surface area contributed by atoms with Crippen LogP contribution in [0.15, 0.2) is 0 Å². The predicted octanol–water partition coefficient (Wildman–Crippen LogP) is 5.16. The molecule has 0 radical (unpaired) electrons. The molecule has 1 unspecified atom stereocenters. The third kappa shape index (κ3) is 13.3. The van der Waals surface area contributed by atoms with Crippen molar-refractivity contribution in [2.75, 3.05) is 7.05 Å². The van der Waals surface area contributed by atoms with Gasteiger partial charge >= 0.3 is 0 Å². The van der Waals surface area contributed by atoms with E-state index in [1.807, 2.05) is 0 Å². The van der Waals surface area contributed by atoms with Crippen LogP contribution in [0.4, 0.5) is 0 Å². The van der Waals surface area contributed by atoms with Crippen LogP contribution in [-0.4, -0.2) is 36.2 Å². The zero-order valence-electron chi connectivity index (χ0n) is 16.5. The molecule has 0 spiro atoms. The second-order valence-electron chi connectivity index (χ2n) is 7.11. The van der Waals surface area contributed by atoms with Gasteiger partial charge in [0.2, 0.25) is 5.91 Å². The van der Waals surface area contributed by atoms with Crippen molar-refractivity contribution >= 4 is 16.0 Å². The second-order valence-corrected chi connectivity index (χ2v) is 8.82. The van der Waals surface area contributed by atoms with Gasteiger partial charge in [-0.3, -0.25) is 9.35 Å². The SMILES string of the molecule is CCCCCCCCCCCCCCCC(=O)N(C)C(C)S(=O)(=O)O. The lowest BCUT2D eigenvalue weighted by atomic mass is 10.0. The molecular formula is C19H39NO4S. The van der Waals surface area contributed by atoms with Crippen LogP contribution in [0.5, 0.6) is 0 Å². The summed E-state index contributed by atoms with van der Waals surface area (Å²) in [6, 6.07) is 0. The fraction of sp³-hybridized carbons (Fsp3) is 0.947. The summed E-state index contributed by atoms with van der Waals surface area (Å²) in [5.41, 5.74) is 0. The molecule has 5 nitrogen and oxygen atoms in total. The van der Waals surface area contributed by atoms with Crippen molar-refractivity contribution in [3.8, 4) is 0 Å². The van der Waals surface area contributed by atoms with Gasteiger partial charge in [-0.1, -0.05) is 84.0 Å². The lowest BCUT2D eigenvalue weighted by molar-refractivity contribution is -0.130. The molecule has 0 saturated carbocycles. The minimum Gasteiger partial charge on any atom is -0.327 e. The molecule has 25 heavy (non-hydrogen) atoms. The molecule has 0 fully saturated rings. The third-order valence-corrected chi connectivity index (χ3v) is 6.04. The summed E-state index contributed by atoms with van der Waals surface area (Å²) in [6.45, 7) is 3.56. The Bertz CT molecular complexity index is 437. The molecule has 0 aliphatic carbocycles. The predicted molar refractivity (Wildman–Crippen MR) is 104 cm³/mol. The van der Waals surface area contributed by atoms with Gasteiger partial charge in [-0.15, -0.1) is 0 Å². The molecule has 150 valence electrons. The highest BCUT2D eigenvalue weighted by Gasteiger charge is 2.25. The Morgan fingerprint density at radius 1 is 0.840 bits per heavy atom. The normalized spacial score (nSPS) is 13.0. The summed E-state index contributed by atoms with van der Waals surface area (Å²) in [5.74, 6) is -0.229. The largest absolute Gasteiger partial charge is 0.327 e. The molecule has 6 heteroatoms. The van der Waals surface area contributed by atoms with Gasteiger partial charge in [-0.25, -0.2) is 0 Å². The van der Waals surface area contributed by atoms with Crippen molar-refractivity contribution in [1.82, 2.24) is 4.90 Å². The number of carbonyl (C=O) groups excluding carboxylic acids is 1. The summed E-state index contributed by atoms with van der Waals surface area (Å²) in [4.78, 5) is 13.0. The highest BCUT2D eigenvalue weighted by Crippen LogP contribution is 2.14. The molecule has 0 rings (SSSR count). The van der Waals surface area contributed by atoms with E-state index in [-0.39, 0.29) is 5.91 Å². The van der Waals surface area contributed by atoms with Crippen LogP contribution in [-0.2, 0) is 14.9 Å². The van der Waals surface area contributed by atoms with E-state index in [1.54, 1.807) is 0 Å². The lowest BCUT2D eigenvalue weighted by Crippen LogP contribution is -2.39. The van der Waals surface area contributed by atoms with Crippen LogP contribution in [0.25, 0.3) is 0 Å². The molecule has 0 heterocycles. The number of hydrogen-bond donors (Lipinski definition) is 1. The van der Waals surface area contributed by atoms with Gasteiger partial charge in [0.1, 0.15) is 0 Å². The van der Waals surface area contributed by atoms with Crippen molar-refractivity contribution in [3.05, 3.63) is 0 Å². The average Bonchev–Trinajstić information content (AvgIpc) is 2.56. The third-order valence-electron chi connectivity index (χ3n) is 4.86. The second kappa shape index (κ2) is 14.5. The molecule has 0 bridgehead atoms. The van der Waals surface area contributed by atoms with E-state index in [4.69, 9.17) is 4.55 Å². The van der Waals surface area contributed by atoms with Crippen molar-refractivity contribution in [2.45, 2.75) is 109 Å². The first-order valence-corrected chi connectivity index (χ1v) is 11.5. The maximum atomic E-state index is 11.9. The van der Waals surface area contributed by atoms with E-state index in [0.29, 0.717) is 6.42 Å². The van der Waals surface area contributed by atoms with Gasteiger partial charge in [0, 0.05) is 13.5 Å². The van der Waals surface area contributed by atoms with Crippen molar-refractivity contribution in [2.24, 2.45) is 0 Å². The van der Waals surface area contributed by atoms with E-state index in [1.165, 1.54) is 78.2 Å². The van der Waals surface area contributed by atoms with Gasteiger partial charge in [0.15, 0.2) is 5.37 Å². The topological polar surface area (TPSA) is 74.7 Å². The average molecular weight is 378 g/mol. The fourth-order valence-electron chi connectivity index (χ4n) is 2.87. The molecule has 0 saturated heterocycles. The first-order valence-electron chi connectivity index (χ1n) is 10.0. The minimum atomic E-state index is -4.20. The number of rotatable bonds is 16. The maximum absolute atomic E-state index is 11.9.